The number of aliphatic imine (C=N–C) groups is 1. The first-order valence-corrected chi connectivity index (χ1v) is 11.0. The fourth-order valence-corrected chi connectivity index (χ4v) is 4.24. The van der Waals surface area contributed by atoms with E-state index in [0.717, 1.165) is 31.7 Å². The molecule has 1 aliphatic heterocycles. The molecule has 0 aliphatic carbocycles. The van der Waals surface area contributed by atoms with Crippen molar-refractivity contribution < 1.29 is 0 Å². The molecule has 156 valence electrons. The number of hydrogen-bond donors (Lipinski definition) is 2. The van der Waals surface area contributed by atoms with Gasteiger partial charge in [-0.15, -0.1) is 0 Å². The Kier molecular flexibility index (Phi) is 5.78. The number of fused-ring (bicyclic) bond motifs is 1. The minimum absolute atomic E-state index is 0.121. The van der Waals surface area contributed by atoms with Crippen molar-refractivity contribution in [2.45, 2.75) is 59.3 Å². The molecule has 0 bridgehead atoms. The van der Waals surface area contributed by atoms with Crippen molar-refractivity contribution in [3.05, 3.63) is 71.4 Å². The third-order valence-corrected chi connectivity index (χ3v) is 5.98. The van der Waals surface area contributed by atoms with Gasteiger partial charge >= 0.3 is 0 Å². The molecule has 2 N–H and O–H groups in total. The number of aromatic amines is 1. The Morgan fingerprint density at radius 2 is 1.90 bits per heavy atom. The van der Waals surface area contributed by atoms with E-state index in [1.807, 2.05) is 6.21 Å². The molecule has 2 aromatic carbocycles. The quantitative estimate of drug-likeness (QED) is 0.484. The van der Waals surface area contributed by atoms with Crippen LogP contribution in [0.1, 0.15) is 50.8 Å². The normalized spacial score (nSPS) is 15.5. The zero-order valence-electron chi connectivity index (χ0n) is 18.5. The van der Waals surface area contributed by atoms with Gasteiger partial charge in [0, 0.05) is 42.3 Å². The Balaban J connectivity index is 1.76. The number of benzene rings is 2. The Morgan fingerprint density at radius 1 is 1.10 bits per heavy atom. The van der Waals surface area contributed by atoms with Crippen molar-refractivity contribution >= 4 is 17.7 Å². The number of nitrogens with zero attached hydrogens (tertiary/aromatic N) is 2. The van der Waals surface area contributed by atoms with Gasteiger partial charge in [0.1, 0.15) is 5.82 Å². The zero-order chi connectivity index (χ0) is 21.1. The van der Waals surface area contributed by atoms with Crippen molar-refractivity contribution in [3.63, 3.8) is 0 Å². The summed E-state index contributed by atoms with van der Waals surface area (Å²) in [4.78, 5) is 10.5. The molecule has 0 fully saturated rings. The molecule has 1 aromatic heterocycles. The van der Waals surface area contributed by atoms with Gasteiger partial charge in [-0.2, -0.15) is 0 Å². The van der Waals surface area contributed by atoms with Gasteiger partial charge in [-0.25, -0.2) is 4.99 Å². The van der Waals surface area contributed by atoms with Crippen molar-refractivity contribution in [2.24, 2.45) is 4.99 Å². The molecule has 0 spiro atoms. The number of aromatic nitrogens is 1. The maximum Gasteiger partial charge on any atom is 0.133 e. The van der Waals surface area contributed by atoms with Crippen LogP contribution in [0.5, 0.6) is 0 Å². The summed E-state index contributed by atoms with van der Waals surface area (Å²) in [5.41, 5.74) is 7.62. The maximum absolute atomic E-state index is 4.62. The standard InChI is InChI=1S/C26H32N4/c1-5-14-27-25-22(6-2)23(17-28-25)20-12-13-21-16-29-26(3,4)30(24(21)15-20)18-19-10-8-7-9-11-19/h7-15,17,28-29H,5-6,16,18H2,1-4H3/b27-14-. The first-order chi connectivity index (χ1) is 14.5. The van der Waals surface area contributed by atoms with E-state index in [4.69, 9.17) is 0 Å². The Morgan fingerprint density at radius 3 is 2.63 bits per heavy atom. The fraction of sp³-hybridized carbons (Fsp3) is 0.346. The average Bonchev–Trinajstić information content (AvgIpc) is 3.17. The molecular formula is C26H32N4. The third kappa shape index (κ3) is 3.92. The van der Waals surface area contributed by atoms with Crippen LogP contribution in [0.4, 0.5) is 11.5 Å². The van der Waals surface area contributed by atoms with Crippen molar-refractivity contribution in [3.8, 4) is 11.1 Å². The molecule has 4 nitrogen and oxygen atoms in total. The number of anilines is 1. The Hall–Kier alpha value is -2.85. The van der Waals surface area contributed by atoms with Gasteiger partial charge in [0.2, 0.25) is 0 Å². The van der Waals surface area contributed by atoms with Gasteiger partial charge in [-0.3, -0.25) is 5.32 Å². The van der Waals surface area contributed by atoms with Crippen LogP contribution >= 0.6 is 0 Å². The SMILES string of the molecule is CC/C=N\c1[nH]cc(-c2ccc3c(c2)N(Cc2ccccc2)C(C)(C)NC3)c1CC. The maximum atomic E-state index is 4.62. The number of rotatable bonds is 6. The van der Waals surface area contributed by atoms with Crippen molar-refractivity contribution in [1.82, 2.24) is 10.3 Å². The van der Waals surface area contributed by atoms with Crippen LogP contribution in [-0.4, -0.2) is 16.9 Å². The summed E-state index contributed by atoms with van der Waals surface area (Å²) >= 11 is 0. The van der Waals surface area contributed by atoms with Crippen LogP contribution < -0.4 is 10.2 Å². The van der Waals surface area contributed by atoms with E-state index in [1.54, 1.807) is 0 Å². The number of nitrogens with one attached hydrogen (secondary N) is 2. The predicted molar refractivity (Wildman–Crippen MR) is 128 cm³/mol. The zero-order valence-corrected chi connectivity index (χ0v) is 18.5. The average molecular weight is 401 g/mol. The van der Waals surface area contributed by atoms with Crippen LogP contribution in [0, 0.1) is 0 Å². The van der Waals surface area contributed by atoms with Crippen molar-refractivity contribution in [1.29, 1.82) is 0 Å². The predicted octanol–water partition coefficient (Wildman–Crippen LogP) is 6.20. The number of hydrogen-bond acceptors (Lipinski definition) is 3. The van der Waals surface area contributed by atoms with Gasteiger partial charge in [-0.1, -0.05) is 56.3 Å². The molecule has 0 saturated carbocycles. The van der Waals surface area contributed by atoms with E-state index in [2.05, 4.69) is 103 Å². The van der Waals surface area contributed by atoms with Gasteiger partial charge in [0.15, 0.2) is 0 Å². The molecular weight excluding hydrogens is 368 g/mol. The molecule has 0 atom stereocenters. The largest absolute Gasteiger partial charge is 0.349 e. The topological polar surface area (TPSA) is 43.4 Å². The van der Waals surface area contributed by atoms with E-state index in [-0.39, 0.29) is 5.66 Å². The first-order valence-electron chi connectivity index (χ1n) is 11.0. The molecule has 0 unspecified atom stereocenters. The van der Waals surface area contributed by atoms with Crippen molar-refractivity contribution in [2.75, 3.05) is 4.90 Å². The highest BCUT2D eigenvalue weighted by atomic mass is 15.3. The smallest absolute Gasteiger partial charge is 0.133 e. The molecule has 0 amide bonds. The Labute approximate surface area is 180 Å². The summed E-state index contributed by atoms with van der Waals surface area (Å²) in [7, 11) is 0. The lowest BCUT2D eigenvalue weighted by molar-refractivity contribution is 0.344. The van der Waals surface area contributed by atoms with E-state index in [0.29, 0.717) is 0 Å². The van der Waals surface area contributed by atoms with E-state index >= 15 is 0 Å². The van der Waals surface area contributed by atoms with Gasteiger partial charge in [0.05, 0.1) is 5.66 Å². The summed E-state index contributed by atoms with van der Waals surface area (Å²) in [5.74, 6) is 0.982. The summed E-state index contributed by atoms with van der Waals surface area (Å²) in [6.45, 7) is 10.6. The molecule has 0 saturated heterocycles. The molecule has 0 radical (unpaired) electrons. The van der Waals surface area contributed by atoms with Gasteiger partial charge < -0.3 is 9.88 Å². The summed E-state index contributed by atoms with van der Waals surface area (Å²) in [6.07, 6.45) is 5.97. The lowest BCUT2D eigenvalue weighted by Gasteiger charge is -2.46. The van der Waals surface area contributed by atoms with Crippen LogP contribution in [0.2, 0.25) is 0 Å². The second kappa shape index (κ2) is 8.49. The van der Waals surface area contributed by atoms with E-state index in [1.165, 1.54) is 33.5 Å². The molecule has 4 heteroatoms. The lowest BCUT2D eigenvalue weighted by Crippen LogP contribution is -2.57. The van der Waals surface area contributed by atoms with E-state index in [9.17, 15) is 0 Å². The van der Waals surface area contributed by atoms with Crippen LogP contribution in [0.25, 0.3) is 11.1 Å². The van der Waals surface area contributed by atoms with Gasteiger partial charge in [-0.05, 0) is 49.4 Å². The third-order valence-electron chi connectivity index (χ3n) is 5.98. The van der Waals surface area contributed by atoms with E-state index < -0.39 is 0 Å². The first kappa shape index (κ1) is 20.4. The summed E-state index contributed by atoms with van der Waals surface area (Å²) in [6, 6.07) is 17.6. The lowest BCUT2D eigenvalue weighted by atomic mass is 9.95. The molecule has 3 aromatic rings. The Bertz CT molecular complexity index is 1030. The van der Waals surface area contributed by atoms with Crippen LogP contribution in [-0.2, 0) is 19.5 Å². The summed E-state index contributed by atoms with van der Waals surface area (Å²) in [5, 5.41) is 3.69. The molecule has 4 rings (SSSR count). The fourth-order valence-electron chi connectivity index (χ4n) is 4.24. The molecule has 30 heavy (non-hydrogen) atoms. The highest BCUT2D eigenvalue weighted by molar-refractivity contribution is 5.78. The minimum atomic E-state index is -0.121. The molecule has 1 aliphatic rings. The monoisotopic (exact) mass is 400 g/mol. The molecule has 2 heterocycles. The van der Waals surface area contributed by atoms with Crippen LogP contribution in [0.15, 0.2) is 59.7 Å². The second-order valence-corrected chi connectivity index (χ2v) is 8.43. The second-order valence-electron chi connectivity index (χ2n) is 8.43. The number of H-pyrrole nitrogens is 1. The van der Waals surface area contributed by atoms with Crippen LogP contribution in [0.3, 0.4) is 0 Å². The summed E-state index contributed by atoms with van der Waals surface area (Å²) < 4.78 is 0. The van der Waals surface area contributed by atoms with Gasteiger partial charge in [0.25, 0.3) is 0 Å². The highest BCUT2D eigenvalue weighted by Gasteiger charge is 2.32. The minimum Gasteiger partial charge on any atom is -0.349 e. The highest BCUT2D eigenvalue weighted by Crippen LogP contribution is 2.38.